The van der Waals surface area contributed by atoms with Crippen LogP contribution in [0.25, 0.3) is 0 Å². The average molecular weight is 263 g/mol. The van der Waals surface area contributed by atoms with E-state index in [0.717, 1.165) is 43.1 Å². The van der Waals surface area contributed by atoms with Crippen molar-refractivity contribution in [2.24, 2.45) is 0 Å². The number of carbonyl (C=O) groups excluding carboxylic acids is 1. The molecule has 19 heavy (non-hydrogen) atoms. The first-order chi connectivity index (χ1) is 8.99. The maximum absolute atomic E-state index is 11.3. The Bertz CT molecular complexity index is 466. The number of aryl methyl sites for hydroxylation is 1. The summed E-state index contributed by atoms with van der Waals surface area (Å²) in [5, 5.41) is 9.60. The molecule has 0 radical (unpaired) electrons. The topological polar surface area (TPSA) is 56.7 Å². The Morgan fingerprint density at radius 1 is 1.37 bits per heavy atom. The van der Waals surface area contributed by atoms with Gasteiger partial charge in [-0.25, -0.2) is 4.98 Å². The van der Waals surface area contributed by atoms with Crippen LogP contribution in [0, 0.1) is 6.92 Å². The molecule has 1 saturated heterocycles. The number of piperazine rings is 1. The van der Waals surface area contributed by atoms with E-state index in [2.05, 4.69) is 9.88 Å². The van der Waals surface area contributed by atoms with Crippen LogP contribution in [-0.2, 0) is 4.79 Å². The number of pyridine rings is 1. The Balaban J connectivity index is 2.08. The molecule has 0 saturated carbocycles. The Hall–Kier alpha value is -1.62. The van der Waals surface area contributed by atoms with Gasteiger partial charge in [-0.2, -0.15) is 0 Å². The quantitative estimate of drug-likeness (QED) is 0.868. The minimum absolute atomic E-state index is 0.133. The third kappa shape index (κ3) is 3.04. The molecule has 1 aliphatic heterocycles. The van der Waals surface area contributed by atoms with Crippen molar-refractivity contribution in [1.82, 2.24) is 9.88 Å². The molecule has 1 fully saturated rings. The van der Waals surface area contributed by atoms with Gasteiger partial charge in [-0.05, 0) is 25.5 Å². The number of aliphatic hydroxyl groups excluding tert-OH is 1. The maximum Gasteiger partial charge on any atom is 0.219 e. The lowest BCUT2D eigenvalue weighted by Gasteiger charge is -2.35. The molecule has 0 bridgehead atoms. The van der Waals surface area contributed by atoms with Gasteiger partial charge in [0.05, 0.1) is 6.10 Å². The number of anilines is 1. The first-order valence-corrected chi connectivity index (χ1v) is 6.64. The van der Waals surface area contributed by atoms with Gasteiger partial charge in [0.15, 0.2) is 0 Å². The molecule has 104 valence electrons. The summed E-state index contributed by atoms with van der Waals surface area (Å²) in [6.07, 6.45) is 1.25. The molecule has 5 heteroatoms. The predicted octanol–water partition coefficient (Wildman–Crippen LogP) is 1.11. The van der Waals surface area contributed by atoms with Gasteiger partial charge in [0, 0.05) is 44.9 Å². The number of aromatic nitrogens is 1. The van der Waals surface area contributed by atoms with E-state index in [-0.39, 0.29) is 5.91 Å². The second-order valence-corrected chi connectivity index (χ2v) is 5.07. The van der Waals surface area contributed by atoms with Crippen LogP contribution < -0.4 is 4.90 Å². The van der Waals surface area contributed by atoms with Gasteiger partial charge in [-0.1, -0.05) is 0 Å². The van der Waals surface area contributed by atoms with E-state index in [4.69, 9.17) is 0 Å². The van der Waals surface area contributed by atoms with E-state index < -0.39 is 6.10 Å². The second-order valence-electron chi connectivity index (χ2n) is 5.07. The SMILES string of the molecule is CC(=O)N1CCN(c2cc(C)c([C@H](C)O)cn2)CC1. The number of nitrogens with zero attached hydrogens (tertiary/aromatic N) is 3. The van der Waals surface area contributed by atoms with Gasteiger partial charge < -0.3 is 14.9 Å². The lowest BCUT2D eigenvalue weighted by molar-refractivity contribution is -0.129. The first-order valence-electron chi connectivity index (χ1n) is 6.64. The highest BCUT2D eigenvalue weighted by Crippen LogP contribution is 2.21. The third-order valence-corrected chi connectivity index (χ3v) is 3.64. The molecular formula is C14H21N3O2. The zero-order valence-corrected chi connectivity index (χ0v) is 11.8. The minimum atomic E-state index is -0.490. The highest BCUT2D eigenvalue weighted by Gasteiger charge is 2.20. The average Bonchev–Trinajstić information content (AvgIpc) is 2.38. The van der Waals surface area contributed by atoms with E-state index in [0.29, 0.717) is 0 Å². The molecule has 0 aliphatic carbocycles. The van der Waals surface area contributed by atoms with Gasteiger partial charge >= 0.3 is 0 Å². The number of rotatable bonds is 2. The number of hydrogen-bond donors (Lipinski definition) is 1. The van der Waals surface area contributed by atoms with E-state index in [1.54, 1.807) is 20.0 Å². The smallest absolute Gasteiger partial charge is 0.219 e. The molecule has 1 aromatic rings. The molecule has 1 aliphatic rings. The monoisotopic (exact) mass is 263 g/mol. The molecule has 1 N–H and O–H groups in total. The number of amides is 1. The van der Waals surface area contributed by atoms with E-state index in [1.807, 2.05) is 17.9 Å². The molecule has 2 heterocycles. The Kier molecular flexibility index (Phi) is 4.04. The van der Waals surface area contributed by atoms with E-state index in [9.17, 15) is 9.90 Å². The lowest BCUT2D eigenvalue weighted by atomic mass is 10.1. The third-order valence-electron chi connectivity index (χ3n) is 3.64. The number of aliphatic hydroxyl groups is 1. The summed E-state index contributed by atoms with van der Waals surface area (Å²) in [5.41, 5.74) is 1.92. The molecule has 1 atom stereocenters. The van der Waals surface area contributed by atoms with Gasteiger partial charge in [-0.3, -0.25) is 4.79 Å². The van der Waals surface area contributed by atoms with Crippen molar-refractivity contribution in [3.05, 3.63) is 23.4 Å². The van der Waals surface area contributed by atoms with Crippen LogP contribution in [0.5, 0.6) is 0 Å². The summed E-state index contributed by atoms with van der Waals surface area (Å²) in [6.45, 7) is 8.44. The van der Waals surface area contributed by atoms with E-state index >= 15 is 0 Å². The second kappa shape index (κ2) is 5.57. The van der Waals surface area contributed by atoms with Crippen molar-refractivity contribution in [2.75, 3.05) is 31.1 Å². The van der Waals surface area contributed by atoms with Crippen molar-refractivity contribution in [3.8, 4) is 0 Å². The molecular weight excluding hydrogens is 242 g/mol. The highest BCUT2D eigenvalue weighted by atomic mass is 16.3. The molecule has 5 nitrogen and oxygen atoms in total. The van der Waals surface area contributed by atoms with Crippen molar-refractivity contribution in [3.63, 3.8) is 0 Å². The molecule has 0 spiro atoms. The van der Waals surface area contributed by atoms with Crippen LogP contribution in [0.4, 0.5) is 5.82 Å². The fourth-order valence-electron chi connectivity index (χ4n) is 2.41. The zero-order valence-electron chi connectivity index (χ0n) is 11.8. The van der Waals surface area contributed by atoms with Crippen LogP contribution in [0.2, 0.25) is 0 Å². The standard InChI is InChI=1S/C14H21N3O2/c1-10-8-14(15-9-13(10)11(2)18)17-6-4-16(5-7-17)12(3)19/h8-9,11,18H,4-7H2,1-3H3/t11-/m0/s1. The number of carbonyl (C=O) groups is 1. The minimum Gasteiger partial charge on any atom is -0.389 e. The summed E-state index contributed by atoms with van der Waals surface area (Å²) in [4.78, 5) is 19.7. The number of hydrogen-bond acceptors (Lipinski definition) is 4. The predicted molar refractivity (Wildman–Crippen MR) is 74.1 cm³/mol. The summed E-state index contributed by atoms with van der Waals surface area (Å²) in [6, 6.07) is 2.01. The van der Waals surface area contributed by atoms with Gasteiger partial charge in [0.1, 0.15) is 5.82 Å². The van der Waals surface area contributed by atoms with Crippen LogP contribution in [0.15, 0.2) is 12.3 Å². The summed E-state index contributed by atoms with van der Waals surface area (Å²) in [7, 11) is 0. The van der Waals surface area contributed by atoms with Crippen LogP contribution in [0.3, 0.4) is 0 Å². The largest absolute Gasteiger partial charge is 0.389 e. The fourth-order valence-corrected chi connectivity index (χ4v) is 2.41. The highest BCUT2D eigenvalue weighted by molar-refractivity contribution is 5.73. The van der Waals surface area contributed by atoms with Crippen LogP contribution in [0.1, 0.15) is 31.1 Å². The van der Waals surface area contributed by atoms with Crippen molar-refractivity contribution in [1.29, 1.82) is 0 Å². The van der Waals surface area contributed by atoms with E-state index in [1.165, 1.54) is 0 Å². The summed E-state index contributed by atoms with van der Waals surface area (Å²) in [5.74, 6) is 1.05. The summed E-state index contributed by atoms with van der Waals surface area (Å²) < 4.78 is 0. The summed E-state index contributed by atoms with van der Waals surface area (Å²) >= 11 is 0. The Morgan fingerprint density at radius 3 is 2.47 bits per heavy atom. The van der Waals surface area contributed by atoms with Gasteiger partial charge in [0.2, 0.25) is 5.91 Å². The molecule has 1 aromatic heterocycles. The Labute approximate surface area is 113 Å². The first kappa shape index (κ1) is 13.8. The van der Waals surface area contributed by atoms with Crippen molar-refractivity contribution in [2.45, 2.75) is 26.9 Å². The van der Waals surface area contributed by atoms with Crippen LogP contribution >= 0.6 is 0 Å². The molecule has 1 amide bonds. The van der Waals surface area contributed by atoms with Gasteiger partial charge in [-0.15, -0.1) is 0 Å². The molecule has 2 rings (SSSR count). The van der Waals surface area contributed by atoms with Gasteiger partial charge in [0.25, 0.3) is 0 Å². The van der Waals surface area contributed by atoms with Crippen molar-refractivity contribution < 1.29 is 9.90 Å². The molecule has 0 aromatic carbocycles. The van der Waals surface area contributed by atoms with Crippen LogP contribution in [-0.4, -0.2) is 47.1 Å². The maximum atomic E-state index is 11.3. The fraction of sp³-hybridized carbons (Fsp3) is 0.571. The normalized spacial score (nSPS) is 17.5. The zero-order chi connectivity index (χ0) is 14.0. The van der Waals surface area contributed by atoms with Crippen molar-refractivity contribution >= 4 is 11.7 Å². The lowest BCUT2D eigenvalue weighted by Crippen LogP contribution is -2.48. The Morgan fingerprint density at radius 2 is 2.00 bits per heavy atom. The molecule has 0 unspecified atom stereocenters.